The summed E-state index contributed by atoms with van der Waals surface area (Å²) < 4.78 is 0. The van der Waals surface area contributed by atoms with Gasteiger partial charge in [-0.25, -0.2) is 15.0 Å². The lowest BCUT2D eigenvalue weighted by atomic mass is 10.0. The molecule has 2 saturated heterocycles. The minimum absolute atomic E-state index is 0.129. The molecule has 346 valence electrons. The zero-order chi connectivity index (χ0) is 46.9. The highest BCUT2D eigenvalue weighted by atomic mass is 35.5. The summed E-state index contributed by atoms with van der Waals surface area (Å²) in [5.41, 5.74) is 3.00. The lowest BCUT2D eigenvalue weighted by Gasteiger charge is -2.35. The number of anilines is 3. The number of hydrogen-bond acceptors (Lipinski definition) is 15. The number of rotatable bonds is 18. The molecule has 2 fully saturated rings. The van der Waals surface area contributed by atoms with Crippen LogP contribution in [0.25, 0.3) is 0 Å². The fraction of sp³-hybridized carbons (Fsp3) is 0.457. The van der Waals surface area contributed by atoms with Gasteiger partial charge in [0.05, 0.1) is 22.2 Å². The highest BCUT2D eigenvalue weighted by Crippen LogP contribution is 2.27. The standard InChI is InChI=1S/C21H30N6O2S.C13H10N2O4.C10H16ClN.C2H7N/c1-17-23-19(25-21-22-15-18(16-29)30-21)14-20(24-17)27-11-9-26(10-12-27)8-6-4-2-3-5-7-13-28;16-10-6-5-9(11(17)14-10)15-12(18)7-3-1-2-4-8(7)13(15)19;1-4-5-6-9(2)10(12-3)7-8-11;1-3-2/h13-16H,2-12H2,1H3,(H,22,23,24,25);1-4,9H,5-6H2,(H,14,16,17);4-6,12H,1,7-8H2,2-3H3;3H,1-2H3/b;;6-5-,10-9+;. The van der Waals surface area contributed by atoms with E-state index in [0.717, 1.165) is 75.3 Å². The number of amides is 4. The van der Waals surface area contributed by atoms with E-state index in [-0.39, 0.29) is 18.7 Å². The molecule has 1 aromatic carbocycles. The molecular formula is C46H63ClN10O6S. The van der Waals surface area contributed by atoms with Crippen molar-refractivity contribution < 1.29 is 28.8 Å². The maximum atomic E-state index is 12.2. The van der Waals surface area contributed by atoms with Gasteiger partial charge in [-0.15, -0.1) is 11.6 Å². The molecule has 0 radical (unpaired) electrons. The van der Waals surface area contributed by atoms with Gasteiger partial charge >= 0.3 is 0 Å². The third kappa shape index (κ3) is 16.8. The van der Waals surface area contributed by atoms with Gasteiger partial charge in [0.25, 0.3) is 11.8 Å². The van der Waals surface area contributed by atoms with Gasteiger partial charge < -0.3 is 25.6 Å². The monoisotopic (exact) mass is 918 g/mol. The molecule has 18 heteroatoms. The number of thiazole rings is 1. The van der Waals surface area contributed by atoms with Crippen LogP contribution in [0, 0.1) is 6.92 Å². The second kappa shape index (κ2) is 28.9. The van der Waals surface area contributed by atoms with Crippen LogP contribution in [0.2, 0.25) is 0 Å². The number of aryl methyl sites for hydroxylation is 1. The second-order valence-electron chi connectivity index (χ2n) is 15.0. The van der Waals surface area contributed by atoms with Crippen molar-refractivity contribution in [3.8, 4) is 0 Å². The molecule has 6 rings (SSSR count). The number of aldehydes is 2. The minimum Gasteiger partial charge on any atom is -0.391 e. The number of halogens is 1. The molecule has 64 heavy (non-hydrogen) atoms. The quantitative estimate of drug-likeness (QED) is 0.0368. The van der Waals surface area contributed by atoms with Crippen LogP contribution < -0.4 is 26.2 Å². The fourth-order valence-corrected chi connectivity index (χ4v) is 7.75. The number of nitrogens with one attached hydrogen (secondary N) is 4. The normalized spacial score (nSPS) is 16.2. The zero-order valence-electron chi connectivity index (χ0n) is 37.7. The Balaban J connectivity index is 0.000000273. The lowest BCUT2D eigenvalue weighted by Crippen LogP contribution is -2.54. The third-order valence-corrected chi connectivity index (χ3v) is 11.2. The Hall–Kier alpha value is -5.62. The number of fused-ring (bicyclic) bond motifs is 1. The van der Waals surface area contributed by atoms with Crippen molar-refractivity contribution in [3.05, 3.63) is 94.4 Å². The average molecular weight is 920 g/mol. The summed E-state index contributed by atoms with van der Waals surface area (Å²) in [6, 6.07) is 7.49. The largest absolute Gasteiger partial charge is 0.391 e. The average Bonchev–Trinajstić information content (AvgIpc) is 3.85. The van der Waals surface area contributed by atoms with Crippen molar-refractivity contribution in [2.75, 3.05) is 70.0 Å². The third-order valence-electron chi connectivity index (χ3n) is 10.1. The summed E-state index contributed by atoms with van der Waals surface area (Å²) in [6.07, 6.45) is 16.8. The summed E-state index contributed by atoms with van der Waals surface area (Å²) in [4.78, 5) is 88.0. The molecule has 3 aliphatic heterocycles. The van der Waals surface area contributed by atoms with Gasteiger partial charge in [-0.1, -0.05) is 67.5 Å². The maximum absolute atomic E-state index is 12.2. The predicted molar refractivity (Wildman–Crippen MR) is 255 cm³/mol. The van der Waals surface area contributed by atoms with Crippen molar-refractivity contribution in [1.29, 1.82) is 0 Å². The van der Waals surface area contributed by atoms with Crippen molar-refractivity contribution in [2.24, 2.45) is 0 Å². The van der Waals surface area contributed by atoms with E-state index in [4.69, 9.17) is 11.6 Å². The van der Waals surface area contributed by atoms with Crippen LogP contribution in [0.15, 0.2) is 72.6 Å². The van der Waals surface area contributed by atoms with Crippen LogP contribution >= 0.6 is 22.9 Å². The van der Waals surface area contributed by atoms with Crippen LogP contribution in [0.5, 0.6) is 0 Å². The van der Waals surface area contributed by atoms with E-state index in [1.165, 1.54) is 41.9 Å². The van der Waals surface area contributed by atoms with E-state index in [2.05, 4.69) is 59.5 Å². The van der Waals surface area contributed by atoms with Gasteiger partial charge in [0.15, 0.2) is 11.4 Å². The van der Waals surface area contributed by atoms with Crippen LogP contribution in [-0.2, 0) is 14.4 Å². The topological polar surface area (TPSA) is 199 Å². The predicted octanol–water partition coefficient (Wildman–Crippen LogP) is 6.23. The molecule has 1 unspecified atom stereocenters. The van der Waals surface area contributed by atoms with E-state index in [1.54, 1.807) is 36.5 Å². The second-order valence-corrected chi connectivity index (χ2v) is 16.4. The molecule has 5 heterocycles. The number of hydrogen-bond donors (Lipinski definition) is 4. The Labute approximate surface area is 386 Å². The number of piperazine rings is 1. The highest BCUT2D eigenvalue weighted by Gasteiger charge is 2.44. The molecular weight excluding hydrogens is 856 g/mol. The molecule has 16 nitrogen and oxygen atoms in total. The molecule has 1 atom stereocenters. The summed E-state index contributed by atoms with van der Waals surface area (Å²) in [5, 5.41) is 11.9. The summed E-state index contributed by atoms with van der Waals surface area (Å²) >= 11 is 6.94. The molecule has 0 aliphatic carbocycles. The minimum atomic E-state index is -0.898. The number of alkyl halides is 1. The molecule has 0 spiro atoms. The molecule has 0 saturated carbocycles. The Morgan fingerprint density at radius 2 is 1.62 bits per heavy atom. The van der Waals surface area contributed by atoms with Crippen LogP contribution in [0.3, 0.4) is 0 Å². The Morgan fingerprint density at radius 1 is 0.969 bits per heavy atom. The summed E-state index contributed by atoms with van der Waals surface area (Å²) in [5.74, 6) is 1.05. The first-order valence-electron chi connectivity index (χ1n) is 21.5. The number of unbranched alkanes of at least 4 members (excludes halogenated alkanes) is 5. The Kier molecular flexibility index (Phi) is 23.8. The number of carbonyl (C=O) groups excluding carboxylic acids is 6. The van der Waals surface area contributed by atoms with Gasteiger partial charge in [-0.2, -0.15) is 0 Å². The van der Waals surface area contributed by atoms with Crippen LogP contribution in [0.1, 0.15) is 101 Å². The van der Waals surface area contributed by atoms with Crippen molar-refractivity contribution in [2.45, 2.75) is 77.7 Å². The van der Waals surface area contributed by atoms with Crippen LogP contribution in [-0.4, -0.2) is 127 Å². The van der Waals surface area contributed by atoms with Crippen molar-refractivity contribution in [1.82, 2.24) is 40.7 Å². The number of benzene rings is 1. The zero-order valence-corrected chi connectivity index (χ0v) is 39.2. The van der Waals surface area contributed by atoms with Crippen molar-refractivity contribution in [3.63, 3.8) is 0 Å². The Morgan fingerprint density at radius 3 is 2.20 bits per heavy atom. The number of carbonyl (C=O) groups is 6. The number of allylic oxidation sites excluding steroid dienone is 5. The van der Waals surface area contributed by atoms with Crippen LogP contribution in [0.4, 0.5) is 16.8 Å². The van der Waals surface area contributed by atoms with Gasteiger partial charge in [-0.05, 0) is 71.5 Å². The van der Waals surface area contributed by atoms with Gasteiger partial charge in [-0.3, -0.25) is 39.1 Å². The van der Waals surface area contributed by atoms with E-state index in [0.29, 0.717) is 45.1 Å². The summed E-state index contributed by atoms with van der Waals surface area (Å²) in [6.45, 7) is 12.6. The SMILES string of the molecule is C=C/C=C\C(C)=C(/CCCl)NC.CNC.Cc1nc(Nc2ncc(C=O)s2)cc(N2CCN(CCCCCCCC=O)CC2)n1.O=C1CCC(N2C(=O)c3ccccc3C2=O)C(=O)N1. The number of imide groups is 2. The first-order valence-corrected chi connectivity index (χ1v) is 22.9. The summed E-state index contributed by atoms with van der Waals surface area (Å²) in [7, 11) is 5.66. The molecule has 2 aromatic heterocycles. The number of nitrogens with zero attached hydrogens (tertiary/aromatic N) is 6. The molecule has 4 amide bonds. The van der Waals surface area contributed by atoms with E-state index < -0.39 is 23.8 Å². The van der Waals surface area contributed by atoms with Gasteiger partial charge in [0.1, 0.15) is 29.8 Å². The lowest BCUT2D eigenvalue weighted by molar-refractivity contribution is -0.136. The fourth-order valence-electron chi connectivity index (χ4n) is 6.93. The van der Waals surface area contributed by atoms with E-state index in [9.17, 15) is 28.8 Å². The Bertz CT molecular complexity index is 2050. The molecule has 3 aromatic rings. The van der Waals surface area contributed by atoms with E-state index >= 15 is 0 Å². The number of piperidine rings is 1. The van der Waals surface area contributed by atoms with Crippen molar-refractivity contribution >= 4 is 75.9 Å². The maximum Gasteiger partial charge on any atom is 0.262 e. The molecule has 4 N–H and O–H groups in total. The van der Waals surface area contributed by atoms with Gasteiger partial charge in [0.2, 0.25) is 11.8 Å². The number of aromatic nitrogens is 3. The highest BCUT2D eigenvalue weighted by molar-refractivity contribution is 7.17. The first-order chi connectivity index (χ1) is 30.9. The van der Waals surface area contributed by atoms with E-state index in [1.807, 2.05) is 46.3 Å². The smallest absolute Gasteiger partial charge is 0.262 e. The molecule has 0 bridgehead atoms. The van der Waals surface area contributed by atoms with Gasteiger partial charge in [0, 0.05) is 70.1 Å². The molecule has 3 aliphatic rings. The first kappa shape index (κ1) is 52.7.